The minimum absolute atomic E-state index is 0.0430. The van der Waals surface area contributed by atoms with E-state index in [1.807, 2.05) is 91.0 Å². The van der Waals surface area contributed by atoms with Crippen molar-refractivity contribution in [1.29, 1.82) is 0 Å². The summed E-state index contributed by atoms with van der Waals surface area (Å²) in [6, 6.07) is 31.5. The van der Waals surface area contributed by atoms with Gasteiger partial charge < -0.3 is 43.7 Å². The number of amides is 2. The summed E-state index contributed by atoms with van der Waals surface area (Å²) in [4.78, 5) is 92.5. The molecule has 5 fully saturated rings. The Labute approximate surface area is 430 Å². The second-order valence-corrected chi connectivity index (χ2v) is 21.3. The van der Waals surface area contributed by atoms with Gasteiger partial charge >= 0.3 is 23.9 Å². The van der Waals surface area contributed by atoms with Gasteiger partial charge in [0.2, 0.25) is 23.7 Å². The number of nitrogens with zero attached hydrogens (tertiary/aromatic N) is 2. The van der Waals surface area contributed by atoms with Crippen LogP contribution in [0, 0.1) is 10.8 Å². The average molecular weight is 1010 g/mol. The van der Waals surface area contributed by atoms with Crippen LogP contribution in [0.5, 0.6) is 0 Å². The number of carbonyl (C=O) groups excluding carboxylic acids is 6. The number of esters is 4. The van der Waals surface area contributed by atoms with Crippen LogP contribution in [0.2, 0.25) is 0 Å². The van der Waals surface area contributed by atoms with Crippen molar-refractivity contribution < 1.29 is 67.1 Å². The SMILES string of the molecule is CN(C(=O)C12CC3OC(=O)C1N(Cc1ccccc1C=CC(=O)OC1C(=O)OCC1(C)C)OC2C1OC(c2ccccc2)(c2ccccc2)OC31)C(Cc1ccccc1)C(=O)NC(CO)CCC(=O)OC(C)(C)C. The molecule has 4 saturated heterocycles. The molecule has 4 aromatic rings. The molecule has 1 saturated carbocycles. The number of fused-ring (bicyclic) bond motifs is 4. The van der Waals surface area contributed by atoms with Crippen molar-refractivity contribution in [2.24, 2.45) is 10.8 Å². The maximum Gasteiger partial charge on any atom is 0.348 e. The quantitative estimate of drug-likeness (QED) is 0.0778. The highest BCUT2D eigenvalue weighted by Gasteiger charge is 2.77. The molecule has 0 aromatic heterocycles. The van der Waals surface area contributed by atoms with E-state index in [2.05, 4.69) is 5.32 Å². The lowest BCUT2D eigenvalue weighted by atomic mass is 9.62. The summed E-state index contributed by atoms with van der Waals surface area (Å²) in [6.45, 7) is 8.31. The zero-order valence-corrected chi connectivity index (χ0v) is 42.3. The van der Waals surface area contributed by atoms with Crippen molar-refractivity contribution in [2.45, 2.75) is 127 Å². The summed E-state index contributed by atoms with van der Waals surface area (Å²) in [7, 11) is 1.51. The number of hydroxylamine groups is 2. The van der Waals surface area contributed by atoms with E-state index in [4.69, 9.17) is 33.3 Å². The van der Waals surface area contributed by atoms with E-state index in [1.54, 1.807) is 58.9 Å². The highest BCUT2D eigenvalue weighted by atomic mass is 16.8. The first-order valence-electron chi connectivity index (χ1n) is 25.0. The van der Waals surface area contributed by atoms with Crippen molar-refractivity contribution in [3.8, 4) is 0 Å². The number of rotatable bonds is 17. The van der Waals surface area contributed by atoms with Gasteiger partial charge in [-0.2, -0.15) is 5.06 Å². The number of nitrogens with one attached hydrogen (secondary N) is 1. The Morgan fingerprint density at radius 3 is 2.11 bits per heavy atom. The van der Waals surface area contributed by atoms with E-state index in [1.165, 1.54) is 29.2 Å². The maximum absolute atomic E-state index is 16.1. The van der Waals surface area contributed by atoms with Gasteiger partial charge in [0.1, 0.15) is 48.1 Å². The number of benzene rings is 4. The van der Waals surface area contributed by atoms with Gasteiger partial charge in [-0.15, -0.1) is 0 Å². The van der Waals surface area contributed by atoms with Crippen molar-refractivity contribution >= 4 is 41.8 Å². The average Bonchev–Trinajstić information content (AvgIpc) is 4.04. The molecule has 4 aliphatic heterocycles. The molecule has 9 atom stereocenters. The number of likely N-dealkylation sites (N-methyl/N-ethyl adjacent to an activating group) is 1. The molecule has 0 radical (unpaired) electrons. The Kier molecular flexibility index (Phi) is 14.7. The number of hydrogen-bond donors (Lipinski definition) is 2. The molecule has 1 aliphatic carbocycles. The summed E-state index contributed by atoms with van der Waals surface area (Å²) in [5, 5.41) is 14.8. The summed E-state index contributed by atoms with van der Waals surface area (Å²) in [5.74, 6) is -5.36. The summed E-state index contributed by atoms with van der Waals surface area (Å²) in [5.41, 5.74) is -0.0222. The Hall–Kier alpha value is -6.76. The van der Waals surface area contributed by atoms with Gasteiger partial charge in [0.05, 0.1) is 19.2 Å². The molecule has 390 valence electrons. The monoisotopic (exact) mass is 1010 g/mol. The van der Waals surface area contributed by atoms with Gasteiger partial charge in [0.25, 0.3) is 0 Å². The smallest absolute Gasteiger partial charge is 0.348 e. The van der Waals surface area contributed by atoms with Crippen LogP contribution in [0.25, 0.3) is 6.08 Å². The van der Waals surface area contributed by atoms with E-state index in [9.17, 15) is 29.1 Å². The first-order chi connectivity index (χ1) is 35.3. The molecule has 4 aromatic carbocycles. The predicted octanol–water partition coefficient (Wildman–Crippen LogP) is 5.35. The van der Waals surface area contributed by atoms with Crippen LogP contribution in [0.1, 0.15) is 81.7 Å². The second-order valence-electron chi connectivity index (χ2n) is 21.3. The Morgan fingerprint density at radius 2 is 1.49 bits per heavy atom. The Balaban J connectivity index is 1.08. The summed E-state index contributed by atoms with van der Waals surface area (Å²) < 4.78 is 36.8. The van der Waals surface area contributed by atoms with E-state index in [0.29, 0.717) is 22.3 Å². The van der Waals surface area contributed by atoms with E-state index < -0.39 is 113 Å². The summed E-state index contributed by atoms with van der Waals surface area (Å²) in [6.07, 6.45) is -2.55. The molecule has 9 unspecified atom stereocenters. The number of carbonyl (C=O) groups is 6. The largest absolute Gasteiger partial charge is 0.462 e. The third-order valence-corrected chi connectivity index (χ3v) is 14.4. The van der Waals surface area contributed by atoms with Crippen LogP contribution in [0.4, 0.5) is 0 Å². The number of hydrogen-bond acceptors (Lipinski definition) is 15. The van der Waals surface area contributed by atoms with Crippen molar-refractivity contribution in [2.75, 3.05) is 20.3 Å². The highest BCUT2D eigenvalue weighted by Crippen LogP contribution is 2.60. The molecule has 5 aliphatic rings. The third kappa shape index (κ3) is 10.2. The zero-order chi connectivity index (χ0) is 52.6. The van der Waals surface area contributed by atoms with E-state index in [-0.39, 0.29) is 38.8 Å². The minimum Gasteiger partial charge on any atom is -0.462 e. The molecule has 4 heterocycles. The molecule has 2 N–H and O–H groups in total. The topological polar surface area (TPSA) is 206 Å². The van der Waals surface area contributed by atoms with Crippen molar-refractivity contribution in [1.82, 2.24) is 15.3 Å². The standard InChI is InChI=1S/C57H63N3O14/c1-54(2,3)71-44(63)29-27-40(33-61)58-50(64)41(30-35-18-10-7-11-19-35)59(6)53(67)56-31-42-45-46(73-57(72-45,38-22-12-8-13-23-38)39-24-14-9-15-25-39)48(56)74-60(47(56)51(65)69-42)32-37-21-17-16-20-36(37)26-28-43(62)70-49-52(66)68-34-55(49,4)5/h7-26,28,40-42,45-49,61H,27,29-34H2,1-6H3,(H,58,64). The van der Waals surface area contributed by atoms with Crippen LogP contribution in [0.15, 0.2) is 121 Å². The molecular weight excluding hydrogens is 951 g/mol. The van der Waals surface area contributed by atoms with Crippen molar-refractivity contribution in [3.63, 3.8) is 0 Å². The predicted molar refractivity (Wildman–Crippen MR) is 265 cm³/mol. The first-order valence-corrected chi connectivity index (χ1v) is 25.0. The van der Waals surface area contributed by atoms with E-state index >= 15 is 4.79 Å². The summed E-state index contributed by atoms with van der Waals surface area (Å²) >= 11 is 0. The van der Waals surface area contributed by atoms with Gasteiger partial charge in [-0.1, -0.05) is 129 Å². The number of aliphatic hydroxyl groups excluding tert-OH is 1. The molecule has 2 amide bonds. The molecular formula is C57H63N3O14. The van der Waals surface area contributed by atoms with Crippen molar-refractivity contribution in [3.05, 3.63) is 149 Å². The van der Waals surface area contributed by atoms with Gasteiger partial charge in [0.15, 0.2) is 6.04 Å². The second kappa shape index (κ2) is 20.9. The highest BCUT2D eigenvalue weighted by molar-refractivity contribution is 5.96. The van der Waals surface area contributed by atoms with Crippen LogP contribution in [-0.2, 0) is 80.8 Å². The fourth-order valence-electron chi connectivity index (χ4n) is 10.8. The zero-order valence-electron chi connectivity index (χ0n) is 42.3. The lowest BCUT2D eigenvalue weighted by Crippen LogP contribution is -2.70. The number of cyclic esters (lactones) is 1. The van der Waals surface area contributed by atoms with Crippen LogP contribution >= 0.6 is 0 Å². The molecule has 17 heteroatoms. The third-order valence-electron chi connectivity index (χ3n) is 14.4. The van der Waals surface area contributed by atoms with Gasteiger partial charge in [-0.05, 0) is 50.0 Å². The molecule has 74 heavy (non-hydrogen) atoms. The van der Waals surface area contributed by atoms with Gasteiger partial charge in [-0.25, -0.2) is 9.59 Å². The maximum atomic E-state index is 16.1. The molecule has 9 rings (SSSR count). The van der Waals surface area contributed by atoms with Crippen LogP contribution < -0.4 is 5.32 Å². The molecule has 17 nitrogen and oxygen atoms in total. The van der Waals surface area contributed by atoms with Crippen LogP contribution in [-0.4, -0.2) is 125 Å². The lowest BCUT2D eigenvalue weighted by Gasteiger charge is -2.50. The molecule has 0 spiro atoms. The van der Waals surface area contributed by atoms with E-state index in [0.717, 1.165) is 5.56 Å². The van der Waals surface area contributed by atoms with Crippen LogP contribution in [0.3, 0.4) is 0 Å². The Morgan fingerprint density at radius 1 is 0.865 bits per heavy atom. The number of aliphatic hydroxyl groups is 1. The normalized spacial score (nSPS) is 26.3. The first kappa shape index (κ1) is 52.1. The van der Waals surface area contributed by atoms with Gasteiger partial charge in [-0.3, -0.25) is 24.0 Å². The Bertz CT molecular complexity index is 2720. The fourth-order valence-corrected chi connectivity index (χ4v) is 10.8. The minimum atomic E-state index is -1.75. The van der Waals surface area contributed by atoms with Gasteiger partial charge in [0, 0.05) is 48.9 Å². The fraction of sp³-hybridized carbons (Fsp3) is 0.439. The molecule has 2 bridgehead atoms. The lowest BCUT2D eigenvalue weighted by molar-refractivity contribution is -0.214. The number of ether oxygens (including phenoxy) is 6.